The van der Waals surface area contributed by atoms with Crippen LogP contribution in [0.4, 0.5) is 0 Å². The summed E-state index contributed by atoms with van der Waals surface area (Å²) in [6.45, 7) is 0. The molecule has 4 aromatic rings. The Kier molecular flexibility index (Phi) is 5.04. The Bertz CT molecular complexity index is 1240. The standard InChI is InChI=1S/C24H16BrNO2/c25-18-12-13-20-19(15-18)22(17-9-5-2-6-10-17)23(24(28)26-20)21(27)14-11-16-7-3-1-4-8-16/h1-15H,(H,26,28)/b14-11+. The van der Waals surface area contributed by atoms with Crippen LogP contribution in [0.25, 0.3) is 28.1 Å². The average Bonchev–Trinajstić information content (AvgIpc) is 2.73. The number of aromatic amines is 1. The van der Waals surface area contributed by atoms with Gasteiger partial charge >= 0.3 is 0 Å². The molecular weight excluding hydrogens is 414 g/mol. The number of halogens is 1. The van der Waals surface area contributed by atoms with Gasteiger partial charge < -0.3 is 4.98 Å². The summed E-state index contributed by atoms with van der Waals surface area (Å²) in [5, 5.41) is 0.816. The van der Waals surface area contributed by atoms with Gasteiger partial charge in [-0.3, -0.25) is 9.59 Å². The molecule has 0 bridgehead atoms. The molecule has 1 N–H and O–H groups in total. The molecule has 0 unspecified atom stereocenters. The Morgan fingerprint density at radius 2 is 1.57 bits per heavy atom. The summed E-state index contributed by atoms with van der Waals surface area (Å²) < 4.78 is 0.877. The molecule has 0 saturated heterocycles. The van der Waals surface area contributed by atoms with Crippen molar-refractivity contribution in [2.45, 2.75) is 0 Å². The van der Waals surface area contributed by atoms with E-state index in [1.165, 1.54) is 6.08 Å². The first kappa shape index (κ1) is 18.1. The van der Waals surface area contributed by atoms with E-state index in [2.05, 4.69) is 20.9 Å². The molecule has 1 heterocycles. The molecule has 4 rings (SSSR count). The van der Waals surface area contributed by atoms with E-state index in [-0.39, 0.29) is 11.3 Å². The van der Waals surface area contributed by atoms with E-state index in [4.69, 9.17) is 0 Å². The zero-order chi connectivity index (χ0) is 19.5. The van der Waals surface area contributed by atoms with Gasteiger partial charge in [-0.15, -0.1) is 0 Å². The van der Waals surface area contributed by atoms with Gasteiger partial charge in [-0.2, -0.15) is 0 Å². The van der Waals surface area contributed by atoms with Crippen LogP contribution in [0, 0.1) is 0 Å². The molecule has 4 heteroatoms. The van der Waals surface area contributed by atoms with Gasteiger partial charge in [-0.1, -0.05) is 82.7 Å². The number of nitrogens with one attached hydrogen (secondary N) is 1. The zero-order valence-corrected chi connectivity index (χ0v) is 16.4. The Hall–Kier alpha value is -3.24. The van der Waals surface area contributed by atoms with Crippen LogP contribution in [-0.2, 0) is 0 Å². The fourth-order valence-corrected chi connectivity index (χ4v) is 3.59. The van der Waals surface area contributed by atoms with Gasteiger partial charge in [-0.25, -0.2) is 0 Å². The van der Waals surface area contributed by atoms with Crippen LogP contribution in [-0.4, -0.2) is 10.8 Å². The summed E-state index contributed by atoms with van der Waals surface area (Å²) in [4.78, 5) is 28.7. The van der Waals surface area contributed by atoms with Gasteiger partial charge in [0.15, 0.2) is 5.78 Å². The fraction of sp³-hybridized carbons (Fsp3) is 0. The third kappa shape index (κ3) is 3.59. The third-order valence-electron chi connectivity index (χ3n) is 4.51. The number of carbonyl (C=O) groups excluding carboxylic acids is 1. The van der Waals surface area contributed by atoms with E-state index in [1.54, 1.807) is 6.08 Å². The number of hydrogen-bond acceptors (Lipinski definition) is 2. The molecule has 0 aliphatic rings. The lowest BCUT2D eigenvalue weighted by Crippen LogP contribution is -2.18. The van der Waals surface area contributed by atoms with Crippen molar-refractivity contribution in [3.63, 3.8) is 0 Å². The first-order valence-electron chi connectivity index (χ1n) is 8.82. The van der Waals surface area contributed by atoms with E-state index in [1.807, 2.05) is 78.9 Å². The number of pyridine rings is 1. The van der Waals surface area contributed by atoms with Crippen LogP contribution in [0.3, 0.4) is 0 Å². The molecule has 3 nitrogen and oxygen atoms in total. The molecule has 28 heavy (non-hydrogen) atoms. The molecule has 1 aromatic heterocycles. The fourth-order valence-electron chi connectivity index (χ4n) is 3.22. The first-order valence-corrected chi connectivity index (χ1v) is 9.61. The molecule has 0 spiro atoms. The molecule has 0 aliphatic carbocycles. The molecule has 0 aliphatic heterocycles. The van der Waals surface area contributed by atoms with Crippen molar-refractivity contribution in [1.29, 1.82) is 0 Å². The number of carbonyl (C=O) groups is 1. The molecule has 136 valence electrons. The third-order valence-corrected chi connectivity index (χ3v) is 5.01. The maximum Gasteiger partial charge on any atom is 0.260 e. The second-order valence-electron chi connectivity index (χ2n) is 6.37. The number of hydrogen-bond donors (Lipinski definition) is 1. The van der Waals surface area contributed by atoms with E-state index >= 15 is 0 Å². The number of ketones is 1. The monoisotopic (exact) mass is 429 g/mol. The van der Waals surface area contributed by atoms with Crippen molar-refractivity contribution in [2.75, 3.05) is 0 Å². The lowest BCUT2D eigenvalue weighted by atomic mass is 9.94. The average molecular weight is 430 g/mol. The number of fused-ring (bicyclic) bond motifs is 1. The summed E-state index contributed by atoms with van der Waals surface area (Å²) in [5.74, 6) is -0.328. The highest BCUT2D eigenvalue weighted by Crippen LogP contribution is 2.31. The molecule has 0 radical (unpaired) electrons. The number of benzene rings is 3. The second-order valence-corrected chi connectivity index (χ2v) is 7.28. The van der Waals surface area contributed by atoms with Gasteiger partial charge in [0.1, 0.15) is 0 Å². The van der Waals surface area contributed by atoms with Crippen molar-refractivity contribution >= 4 is 38.7 Å². The first-order chi connectivity index (χ1) is 13.6. The predicted octanol–water partition coefficient (Wildman–Crippen LogP) is 5.85. The summed E-state index contributed by atoms with van der Waals surface area (Å²) in [6, 6.07) is 24.7. The Labute approximate surface area is 170 Å². The van der Waals surface area contributed by atoms with Crippen molar-refractivity contribution < 1.29 is 4.79 Å². The normalized spacial score (nSPS) is 11.2. The van der Waals surface area contributed by atoms with Crippen LogP contribution >= 0.6 is 15.9 Å². The molecule has 0 amide bonds. The van der Waals surface area contributed by atoms with Crippen LogP contribution in [0.5, 0.6) is 0 Å². The quantitative estimate of drug-likeness (QED) is 0.326. The molecule has 0 atom stereocenters. The Morgan fingerprint density at radius 3 is 2.29 bits per heavy atom. The van der Waals surface area contributed by atoms with E-state index < -0.39 is 5.56 Å². The van der Waals surface area contributed by atoms with E-state index in [0.717, 1.165) is 21.0 Å². The largest absolute Gasteiger partial charge is 0.321 e. The highest BCUT2D eigenvalue weighted by Gasteiger charge is 2.19. The molecule has 3 aromatic carbocycles. The Balaban J connectivity index is 1.95. The predicted molar refractivity (Wildman–Crippen MR) is 118 cm³/mol. The van der Waals surface area contributed by atoms with Gasteiger partial charge in [0.05, 0.1) is 5.56 Å². The van der Waals surface area contributed by atoms with Gasteiger partial charge in [-0.05, 0) is 35.4 Å². The zero-order valence-electron chi connectivity index (χ0n) is 14.9. The summed E-state index contributed by atoms with van der Waals surface area (Å²) in [5.41, 5.74) is 2.81. The van der Waals surface area contributed by atoms with Crippen molar-refractivity contribution in [3.8, 4) is 11.1 Å². The van der Waals surface area contributed by atoms with Crippen LogP contribution in [0.15, 0.2) is 94.2 Å². The lowest BCUT2D eigenvalue weighted by Gasteiger charge is -2.11. The van der Waals surface area contributed by atoms with Crippen molar-refractivity contribution in [1.82, 2.24) is 4.98 Å². The summed E-state index contributed by atoms with van der Waals surface area (Å²) >= 11 is 3.49. The lowest BCUT2D eigenvalue weighted by molar-refractivity contribution is 0.104. The minimum Gasteiger partial charge on any atom is -0.321 e. The molecule has 0 fully saturated rings. The number of H-pyrrole nitrogens is 1. The maximum atomic E-state index is 13.0. The minimum absolute atomic E-state index is 0.143. The van der Waals surface area contributed by atoms with Gasteiger partial charge in [0.2, 0.25) is 0 Å². The second kappa shape index (κ2) is 7.79. The van der Waals surface area contributed by atoms with E-state index in [0.29, 0.717) is 11.1 Å². The number of aromatic nitrogens is 1. The van der Waals surface area contributed by atoms with Crippen molar-refractivity contribution in [3.05, 3.63) is 111 Å². The highest BCUT2D eigenvalue weighted by atomic mass is 79.9. The van der Waals surface area contributed by atoms with Crippen LogP contribution in [0.1, 0.15) is 15.9 Å². The minimum atomic E-state index is -0.392. The number of rotatable bonds is 4. The van der Waals surface area contributed by atoms with E-state index in [9.17, 15) is 9.59 Å². The topological polar surface area (TPSA) is 49.9 Å². The van der Waals surface area contributed by atoms with Gasteiger partial charge in [0, 0.05) is 20.9 Å². The summed E-state index contributed by atoms with van der Waals surface area (Å²) in [7, 11) is 0. The Morgan fingerprint density at radius 1 is 0.893 bits per heavy atom. The summed E-state index contributed by atoms with van der Waals surface area (Å²) in [6.07, 6.45) is 3.18. The van der Waals surface area contributed by atoms with Crippen LogP contribution in [0.2, 0.25) is 0 Å². The molecule has 0 saturated carbocycles. The molecular formula is C24H16BrNO2. The SMILES string of the molecule is O=C(/C=C/c1ccccc1)c1c(-c2ccccc2)c2cc(Br)ccc2[nH]c1=O. The smallest absolute Gasteiger partial charge is 0.260 e. The highest BCUT2D eigenvalue weighted by molar-refractivity contribution is 9.10. The van der Waals surface area contributed by atoms with Gasteiger partial charge in [0.25, 0.3) is 5.56 Å². The van der Waals surface area contributed by atoms with Crippen molar-refractivity contribution in [2.24, 2.45) is 0 Å². The maximum absolute atomic E-state index is 13.0. The van der Waals surface area contributed by atoms with Crippen LogP contribution < -0.4 is 5.56 Å². The number of allylic oxidation sites excluding steroid dienone is 1.